The molecule has 0 radical (unpaired) electrons. The van der Waals surface area contributed by atoms with E-state index in [2.05, 4.69) is 20.4 Å². The summed E-state index contributed by atoms with van der Waals surface area (Å²) in [5.74, 6) is 0.714. The number of rotatable bonds is 5. The molecule has 3 aromatic heterocycles. The summed E-state index contributed by atoms with van der Waals surface area (Å²) in [5.41, 5.74) is 4.55. The van der Waals surface area contributed by atoms with Gasteiger partial charge >= 0.3 is 0 Å². The zero-order valence-electron chi connectivity index (χ0n) is 14.5. The van der Waals surface area contributed by atoms with Crippen LogP contribution in [0.3, 0.4) is 0 Å². The SMILES string of the molecule is c1ccc(-n2cc(CCNc3ncnc4c3oc3ccccc34)cn2)cc1. The molecule has 0 aliphatic carbocycles. The van der Waals surface area contributed by atoms with Gasteiger partial charge in [-0.05, 0) is 36.2 Å². The highest BCUT2D eigenvalue weighted by molar-refractivity contribution is 6.05. The van der Waals surface area contributed by atoms with E-state index in [1.807, 2.05) is 71.7 Å². The Bertz CT molecular complexity index is 1210. The Morgan fingerprint density at radius 1 is 0.963 bits per heavy atom. The predicted molar refractivity (Wildman–Crippen MR) is 105 cm³/mol. The van der Waals surface area contributed by atoms with E-state index in [-0.39, 0.29) is 0 Å². The van der Waals surface area contributed by atoms with Gasteiger partial charge in [0.1, 0.15) is 17.4 Å². The lowest BCUT2D eigenvalue weighted by Crippen LogP contribution is -2.06. The minimum atomic E-state index is 0.693. The van der Waals surface area contributed by atoms with E-state index >= 15 is 0 Å². The minimum absolute atomic E-state index is 0.693. The monoisotopic (exact) mass is 355 g/mol. The topological polar surface area (TPSA) is 68.8 Å². The van der Waals surface area contributed by atoms with Crippen molar-refractivity contribution in [3.05, 3.63) is 78.9 Å². The summed E-state index contributed by atoms with van der Waals surface area (Å²) in [5, 5.41) is 8.80. The largest absolute Gasteiger partial charge is 0.450 e. The standard InChI is InChI=1S/C21H17N5O/c1-2-6-16(7-3-1)26-13-15(12-25-26)10-11-22-21-20-19(23-14-24-21)17-8-4-5-9-18(17)27-20/h1-9,12-14H,10-11H2,(H,22,23,24). The maximum absolute atomic E-state index is 5.94. The second-order valence-electron chi connectivity index (χ2n) is 6.30. The van der Waals surface area contributed by atoms with Crippen LogP contribution in [0.2, 0.25) is 0 Å². The molecule has 0 atom stereocenters. The first-order chi connectivity index (χ1) is 13.4. The Morgan fingerprint density at radius 2 is 1.81 bits per heavy atom. The molecule has 0 unspecified atom stereocenters. The van der Waals surface area contributed by atoms with Crippen molar-refractivity contribution in [3.8, 4) is 5.69 Å². The number of nitrogens with one attached hydrogen (secondary N) is 1. The first-order valence-electron chi connectivity index (χ1n) is 8.83. The Kier molecular flexibility index (Phi) is 3.79. The number of fused-ring (bicyclic) bond motifs is 3. The Balaban J connectivity index is 1.33. The third kappa shape index (κ3) is 2.91. The summed E-state index contributed by atoms with van der Waals surface area (Å²) in [6.45, 7) is 0.726. The molecular weight excluding hydrogens is 338 g/mol. The minimum Gasteiger partial charge on any atom is -0.450 e. The van der Waals surface area contributed by atoms with Gasteiger partial charge in [-0.15, -0.1) is 0 Å². The predicted octanol–water partition coefficient (Wildman–Crippen LogP) is 4.22. The number of furan rings is 1. The van der Waals surface area contributed by atoms with Gasteiger partial charge in [0.15, 0.2) is 11.4 Å². The Morgan fingerprint density at radius 3 is 2.74 bits per heavy atom. The molecule has 0 bridgehead atoms. The lowest BCUT2D eigenvalue weighted by molar-refractivity contribution is 0.666. The van der Waals surface area contributed by atoms with E-state index in [1.54, 1.807) is 6.33 Å². The van der Waals surface area contributed by atoms with Crippen LogP contribution < -0.4 is 5.32 Å². The highest BCUT2D eigenvalue weighted by Gasteiger charge is 2.12. The fourth-order valence-corrected chi connectivity index (χ4v) is 3.19. The van der Waals surface area contributed by atoms with Crippen molar-refractivity contribution in [2.45, 2.75) is 6.42 Å². The fraction of sp³-hybridized carbons (Fsp3) is 0.0952. The quantitative estimate of drug-likeness (QED) is 0.511. The normalized spacial score (nSPS) is 11.3. The Hall–Kier alpha value is -3.67. The fourth-order valence-electron chi connectivity index (χ4n) is 3.19. The molecule has 0 amide bonds. The second-order valence-corrected chi connectivity index (χ2v) is 6.30. The molecule has 0 aliphatic rings. The molecule has 6 nitrogen and oxygen atoms in total. The van der Waals surface area contributed by atoms with Gasteiger partial charge in [-0.2, -0.15) is 5.10 Å². The highest BCUT2D eigenvalue weighted by Crippen LogP contribution is 2.30. The summed E-state index contributed by atoms with van der Waals surface area (Å²) in [7, 11) is 0. The molecule has 5 rings (SSSR count). The van der Waals surface area contributed by atoms with E-state index in [0.717, 1.165) is 40.7 Å². The molecule has 6 heteroatoms. The lowest BCUT2D eigenvalue weighted by atomic mass is 10.2. The molecule has 0 spiro atoms. The van der Waals surface area contributed by atoms with E-state index < -0.39 is 0 Å². The van der Waals surface area contributed by atoms with Gasteiger partial charge in [-0.1, -0.05) is 30.3 Å². The van der Waals surface area contributed by atoms with E-state index in [4.69, 9.17) is 4.42 Å². The average Bonchev–Trinajstić information content (AvgIpc) is 3.34. The molecule has 0 saturated carbocycles. The molecule has 5 aromatic rings. The van der Waals surface area contributed by atoms with Crippen LogP contribution in [0.5, 0.6) is 0 Å². The number of nitrogens with zero attached hydrogens (tertiary/aromatic N) is 4. The maximum Gasteiger partial charge on any atom is 0.196 e. The van der Waals surface area contributed by atoms with Crippen LogP contribution >= 0.6 is 0 Å². The number of anilines is 1. The van der Waals surface area contributed by atoms with Crippen LogP contribution in [-0.2, 0) is 6.42 Å². The van der Waals surface area contributed by atoms with Gasteiger partial charge in [0.25, 0.3) is 0 Å². The van der Waals surface area contributed by atoms with Crippen molar-refractivity contribution < 1.29 is 4.42 Å². The number of hydrogen-bond acceptors (Lipinski definition) is 5. The maximum atomic E-state index is 5.94. The van der Waals surface area contributed by atoms with Gasteiger partial charge in [-0.3, -0.25) is 0 Å². The zero-order valence-corrected chi connectivity index (χ0v) is 14.5. The highest BCUT2D eigenvalue weighted by atomic mass is 16.3. The number of para-hydroxylation sites is 2. The molecule has 1 N–H and O–H groups in total. The van der Waals surface area contributed by atoms with Gasteiger partial charge < -0.3 is 9.73 Å². The zero-order chi connectivity index (χ0) is 18.1. The molecule has 0 fully saturated rings. The van der Waals surface area contributed by atoms with Crippen LogP contribution in [0.25, 0.3) is 27.8 Å². The smallest absolute Gasteiger partial charge is 0.196 e. The van der Waals surface area contributed by atoms with Crippen molar-refractivity contribution >= 4 is 27.9 Å². The summed E-state index contributed by atoms with van der Waals surface area (Å²) in [6.07, 6.45) is 6.35. The molecule has 3 heterocycles. The molecular formula is C21H17N5O. The van der Waals surface area contributed by atoms with Crippen LogP contribution in [0.15, 0.2) is 77.7 Å². The van der Waals surface area contributed by atoms with Crippen LogP contribution in [0, 0.1) is 0 Å². The average molecular weight is 355 g/mol. The summed E-state index contributed by atoms with van der Waals surface area (Å²) >= 11 is 0. The van der Waals surface area contributed by atoms with E-state index in [1.165, 1.54) is 0 Å². The molecule has 0 saturated heterocycles. The van der Waals surface area contributed by atoms with Crippen molar-refractivity contribution in [2.75, 3.05) is 11.9 Å². The molecule has 132 valence electrons. The summed E-state index contributed by atoms with van der Waals surface area (Å²) < 4.78 is 7.83. The van der Waals surface area contributed by atoms with Crippen molar-refractivity contribution in [3.63, 3.8) is 0 Å². The number of aromatic nitrogens is 4. The van der Waals surface area contributed by atoms with Crippen molar-refractivity contribution in [2.24, 2.45) is 0 Å². The Labute approximate surface area is 155 Å². The first-order valence-corrected chi connectivity index (χ1v) is 8.83. The first kappa shape index (κ1) is 15.6. The number of benzene rings is 2. The van der Waals surface area contributed by atoms with Gasteiger partial charge in [0.2, 0.25) is 0 Å². The van der Waals surface area contributed by atoms with Gasteiger partial charge in [0.05, 0.1) is 11.9 Å². The molecule has 27 heavy (non-hydrogen) atoms. The lowest BCUT2D eigenvalue weighted by Gasteiger charge is -2.04. The number of hydrogen-bond donors (Lipinski definition) is 1. The van der Waals surface area contributed by atoms with Crippen molar-refractivity contribution in [1.29, 1.82) is 0 Å². The third-order valence-electron chi connectivity index (χ3n) is 4.52. The second kappa shape index (κ2) is 6.57. The van der Waals surface area contributed by atoms with Crippen LogP contribution in [0.1, 0.15) is 5.56 Å². The van der Waals surface area contributed by atoms with Gasteiger partial charge in [0, 0.05) is 18.1 Å². The van der Waals surface area contributed by atoms with Gasteiger partial charge in [-0.25, -0.2) is 14.6 Å². The van der Waals surface area contributed by atoms with Crippen molar-refractivity contribution in [1.82, 2.24) is 19.7 Å². The van der Waals surface area contributed by atoms with Crippen LogP contribution in [0.4, 0.5) is 5.82 Å². The van der Waals surface area contributed by atoms with E-state index in [0.29, 0.717) is 11.4 Å². The summed E-state index contributed by atoms with van der Waals surface area (Å²) in [6, 6.07) is 18.0. The third-order valence-corrected chi connectivity index (χ3v) is 4.52. The van der Waals surface area contributed by atoms with Crippen LogP contribution in [-0.4, -0.2) is 26.3 Å². The van der Waals surface area contributed by atoms with E-state index in [9.17, 15) is 0 Å². The summed E-state index contributed by atoms with van der Waals surface area (Å²) in [4.78, 5) is 8.72. The molecule has 2 aromatic carbocycles. The molecule has 0 aliphatic heterocycles.